The number of rotatable bonds is 3. The van der Waals surface area contributed by atoms with Gasteiger partial charge in [0, 0.05) is 5.56 Å². The van der Waals surface area contributed by atoms with E-state index in [1.807, 2.05) is 0 Å². The quantitative estimate of drug-likeness (QED) is 0.497. The molecule has 0 fully saturated rings. The van der Waals surface area contributed by atoms with Gasteiger partial charge in [-0.3, -0.25) is 0 Å². The van der Waals surface area contributed by atoms with Crippen molar-refractivity contribution in [1.29, 1.82) is 0 Å². The van der Waals surface area contributed by atoms with Crippen LogP contribution in [0.2, 0.25) is 0 Å². The zero-order chi connectivity index (χ0) is 17.3. The minimum atomic E-state index is -4.55. The minimum absolute atomic E-state index is 0.0408. The number of para-hydroxylation sites is 1. The van der Waals surface area contributed by atoms with Crippen molar-refractivity contribution >= 4 is 11.6 Å². The van der Waals surface area contributed by atoms with Gasteiger partial charge in [-0.1, -0.05) is 17.3 Å². The molecule has 8 heteroatoms. The number of hydrogen-bond acceptors (Lipinski definition) is 2. The highest BCUT2D eigenvalue weighted by Gasteiger charge is 2.34. The van der Waals surface area contributed by atoms with Crippen LogP contribution in [0, 0.1) is 5.82 Å². The molecule has 24 heavy (non-hydrogen) atoms. The van der Waals surface area contributed by atoms with Crippen LogP contribution in [0.4, 0.5) is 17.6 Å². The van der Waals surface area contributed by atoms with Crippen LogP contribution >= 0.6 is 11.6 Å². The topological polar surface area (TPSA) is 30.7 Å². The van der Waals surface area contributed by atoms with E-state index in [1.165, 1.54) is 42.5 Å². The number of hydrogen-bond donors (Lipinski definition) is 0. The highest BCUT2D eigenvalue weighted by atomic mass is 35.5. The zero-order valence-electron chi connectivity index (χ0n) is 12.1. The van der Waals surface area contributed by atoms with Crippen LogP contribution in [0.15, 0.2) is 48.5 Å². The average Bonchev–Trinajstić information content (AvgIpc) is 2.98. The van der Waals surface area contributed by atoms with Crippen LogP contribution in [0.3, 0.4) is 0 Å². The van der Waals surface area contributed by atoms with E-state index in [-0.39, 0.29) is 11.6 Å². The Morgan fingerprint density at radius 1 is 1.00 bits per heavy atom. The van der Waals surface area contributed by atoms with Gasteiger partial charge in [0.15, 0.2) is 0 Å². The zero-order valence-corrected chi connectivity index (χ0v) is 12.8. The largest absolute Gasteiger partial charge is 0.418 e. The van der Waals surface area contributed by atoms with Crippen molar-refractivity contribution in [2.75, 3.05) is 0 Å². The Morgan fingerprint density at radius 3 is 2.29 bits per heavy atom. The summed E-state index contributed by atoms with van der Waals surface area (Å²) in [5.74, 6) is -0.498. The van der Waals surface area contributed by atoms with Gasteiger partial charge < -0.3 is 0 Å². The van der Waals surface area contributed by atoms with Crippen molar-refractivity contribution in [2.45, 2.75) is 12.1 Å². The number of halogens is 5. The summed E-state index contributed by atoms with van der Waals surface area (Å²) in [6, 6.07) is 10.3. The maximum absolute atomic E-state index is 13.3. The molecule has 0 unspecified atom stereocenters. The summed E-state index contributed by atoms with van der Waals surface area (Å²) in [6.45, 7) is 0. The molecular weight excluding hydrogens is 346 g/mol. The van der Waals surface area contributed by atoms with E-state index < -0.39 is 17.6 Å². The van der Waals surface area contributed by atoms with Crippen molar-refractivity contribution in [3.05, 3.63) is 65.6 Å². The van der Waals surface area contributed by atoms with Gasteiger partial charge in [-0.05, 0) is 36.4 Å². The first kappa shape index (κ1) is 16.4. The molecule has 0 aliphatic rings. The van der Waals surface area contributed by atoms with E-state index in [1.54, 1.807) is 0 Å². The van der Waals surface area contributed by atoms with E-state index in [2.05, 4.69) is 10.3 Å². The van der Waals surface area contributed by atoms with Crippen molar-refractivity contribution in [2.24, 2.45) is 0 Å². The van der Waals surface area contributed by atoms with Gasteiger partial charge in [0.25, 0.3) is 0 Å². The molecule has 0 saturated heterocycles. The van der Waals surface area contributed by atoms with Crippen LogP contribution in [0.5, 0.6) is 0 Å². The lowest BCUT2D eigenvalue weighted by Gasteiger charge is -2.14. The fourth-order valence-corrected chi connectivity index (χ4v) is 2.55. The Bertz CT molecular complexity index is 857. The molecule has 0 bridgehead atoms. The van der Waals surface area contributed by atoms with Crippen molar-refractivity contribution in [3.63, 3.8) is 0 Å². The lowest BCUT2D eigenvalue weighted by atomic mass is 10.1. The lowest BCUT2D eigenvalue weighted by molar-refractivity contribution is -0.137. The summed E-state index contributed by atoms with van der Waals surface area (Å²) in [4.78, 5) is 0. The van der Waals surface area contributed by atoms with E-state index in [9.17, 15) is 17.6 Å². The molecule has 0 aliphatic carbocycles. The normalized spacial score (nSPS) is 11.7. The van der Waals surface area contributed by atoms with Crippen LogP contribution < -0.4 is 0 Å². The Kier molecular flexibility index (Phi) is 4.28. The first-order chi connectivity index (χ1) is 11.4. The molecule has 0 radical (unpaired) electrons. The molecule has 2 aromatic carbocycles. The first-order valence-electron chi connectivity index (χ1n) is 6.85. The van der Waals surface area contributed by atoms with E-state index >= 15 is 0 Å². The Balaban J connectivity index is 2.25. The second-order valence-electron chi connectivity index (χ2n) is 4.95. The van der Waals surface area contributed by atoms with Crippen LogP contribution in [-0.2, 0) is 12.1 Å². The van der Waals surface area contributed by atoms with Crippen molar-refractivity contribution < 1.29 is 17.6 Å². The van der Waals surface area contributed by atoms with Gasteiger partial charge in [0.05, 0.1) is 22.8 Å². The summed E-state index contributed by atoms with van der Waals surface area (Å²) >= 11 is 5.83. The third kappa shape index (κ3) is 2.99. The smallest absolute Gasteiger partial charge is 0.212 e. The third-order valence-corrected chi connectivity index (χ3v) is 3.68. The first-order valence-corrected chi connectivity index (χ1v) is 7.38. The Hall–Kier alpha value is -2.41. The highest BCUT2D eigenvalue weighted by Crippen LogP contribution is 2.35. The predicted octanol–water partition coefficient (Wildman–Crippen LogP) is 4.83. The molecule has 0 amide bonds. The summed E-state index contributed by atoms with van der Waals surface area (Å²) in [5.41, 5.74) is 0.0450. The number of benzene rings is 2. The highest BCUT2D eigenvalue weighted by molar-refractivity contribution is 6.17. The van der Waals surface area contributed by atoms with Crippen LogP contribution in [0.25, 0.3) is 16.9 Å². The molecule has 1 heterocycles. The summed E-state index contributed by atoms with van der Waals surface area (Å²) in [7, 11) is 0. The summed E-state index contributed by atoms with van der Waals surface area (Å²) < 4.78 is 54.0. The second-order valence-corrected chi connectivity index (χ2v) is 5.22. The standard InChI is InChI=1S/C16H10ClF4N3/c17-9-13-15(10-5-7-11(18)8-6-10)24(23-22-13)14-4-2-1-3-12(14)16(19,20)21/h1-8H,9H2. The van der Waals surface area contributed by atoms with Gasteiger partial charge >= 0.3 is 6.18 Å². The monoisotopic (exact) mass is 355 g/mol. The fourth-order valence-electron chi connectivity index (χ4n) is 2.37. The van der Waals surface area contributed by atoms with E-state index in [0.717, 1.165) is 10.7 Å². The minimum Gasteiger partial charge on any atom is -0.212 e. The molecule has 0 atom stereocenters. The number of nitrogens with zero attached hydrogens (tertiary/aromatic N) is 3. The molecule has 0 saturated carbocycles. The average molecular weight is 356 g/mol. The molecule has 3 aromatic rings. The van der Waals surface area contributed by atoms with Gasteiger partial charge in [0.2, 0.25) is 0 Å². The van der Waals surface area contributed by atoms with Crippen molar-refractivity contribution in [1.82, 2.24) is 15.0 Å². The SMILES string of the molecule is Fc1ccc(-c2c(CCl)nnn2-c2ccccc2C(F)(F)F)cc1. The van der Waals surface area contributed by atoms with Crippen LogP contribution in [0.1, 0.15) is 11.3 Å². The second kappa shape index (κ2) is 6.24. The van der Waals surface area contributed by atoms with Gasteiger partial charge in [-0.15, -0.1) is 16.7 Å². The molecule has 3 nitrogen and oxygen atoms in total. The molecule has 124 valence electrons. The number of alkyl halides is 4. The van der Waals surface area contributed by atoms with Gasteiger partial charge in [0.1, 0.15) is 11.5 Å². The lowest BCUT2D eigenvalue weighted by Crippen LogP contribution is -2.12. The fraction of sp³-hybridized carbons (Fsp3) is 0.125. The Labute approximate surface area is 139 Å². The molecule has 0 N–H and O–H groups in total. The summed E-state index contributed by atoms with van der Waals surface area (Å²) in [6.07, 6.45) is -4.55. The maximum Gasteiger partial charge on any atom is 0.418 e. The molecule has 0 aliphatic heterocycles. The molecule has 0 spiro atoms. The van der Waals surface area contributed by atoms with E-state index in [0.29, 0.717) is 17.0 Å². The Morgan fingerprint density at radius 2 is 1.67 bits per heavy atom. The maximum atomic E-state index is 13.3. The van der Waals surface area contributed by atoms with Crippen LogP contribution in [-0.4, -0.2) is 15.0 Å². The van der Waals surface area contributed by atoms with Crippen molar-refractivity contribution in [3.8, 4) is 16.9 Å². The molecular formula is C16H10ClF4N3. The molecule has 1 aromatic heterocycles. The predicted molar refractivity (Wildman–Crippen MR) is 81.3 cm³/mol. The van der Waals surface area contributed by atoms with E-state index in [4.69, 9.17) is 11.6 Å². The number of aromatic nitrogens is 3. The molecule has 3 rings (SSSR count). The van der Waals surface area contributed by atoms with Gasteiger partial charge in [-0.25, -0.2) is 9.07 Å². The van der Waals surface area contributed by atoms with Gasteiger partial charge in [-0.2, -0.15) is 13.2 Å². The summed E-state index contributed by atoms with van der Waals surface area (Å²) in [5, 5.41) is 7.67. The third-order valence-electron chi connectivity index (χ3n) is 3.42.